The normalized spacial score (nSPS) is 39.5. The molecule has 2 unspecified atom stereocenters. The van der Waals surface area contributed by atoms with Gasteiger partial charge in [-0.05, 0) is 73.3 Å². The highest BCUT2D eigenvalue weighted by Gasteiger charge is 2.60. The second-order valence-corrected chi connectivity index (χ2v) is 12.3. The lowest BCUT2D eigenvalue weighted by Crippen LogP contribution is -2.60. The van der Waals surface area contributed by atoms with Crippen LogP contribution in [0.1, 0.15) is 57.9 Å². The molecule has 3 fully saturated rings. The number of rotatable bonds is 5. The van der Waals surface area contributed by atoms with Crippen molar-refractivity contribution in [3.63, 3.8) is 0 Å². The summed E-state index contributed by atoms with van der Waals surface area (Å²) in [4.78, 5) is 27.1. The molecule has 3 aliphatic carbocycles. The predicted octanol–water partition coefficient (Wildman–Crippen LogP) is 5.04. The average Bonchev–Trinajstić information content (AvgIpc) is 3.13. The number of carbonyl (C=O) groups excluding carboxylic acids is 2. The van der Waals surface area contributed by atoms with Crippen molar-refractivity contribution in [3.05, 3.63) is 48.0 Å². The van der Waals surface area contributed by atoms with Crippen LogP contribution in [-0.2, 0) is 15.3 Å². The highest BCUT2D eigenvalue weighted by Crippen LogP contribution is 2.63. The second kappa shape index (κ2) is 8.79. The average molecular weight is 467 g/mol. The van der Waals surface area contributed by atoms with E-state index in [2.05, 4.69) is 49.5 Å². The second-order valence-electron chi connectivity index (χ2n) is 11.3. The number of carbonyl (C=O) groups is 2. The number of likely N-dealkylation sites (N-methyl/N-ethyl adjacent to an activating group) is 1. The monoisotopic (exact) mass is 466 g/mol. The van der Waals surface area contributed by atoms with Crippen LogP contribution in [0.5, 0.6) is 0 Å². The summed E-state index contributed by atoms with van der Waals surface area (Å²) >= 11 is 1.70. The van der Waals surface area contributed by atoms with Crippen LogP contribution >= 0.6 is 11.8 Å². The van der Waals surface area contributed by atoms with Crippen LogP contribution in [0, 0.1) is 28.6 Å². The quantitative estimate of drug-likeness (QED) is 0.661. The molecule has 3 saturated carbocycles. The zero-order valence-corrected chi connectivity index (χ0v) is 21.1. The highest BCUT2D eigenvalue weighted by molar-refractivity contribution is 7.99. The predicted molar refractivity (Wildman–Crippen MR) is 135 cm³/mol. The lowest BCUT2D eigenvalue weighted by molar-refractivity contribution is -0.138. The van der Waals surface area contributed by atoms with Crippen molar-refractivity contribution in [2.24, 2.45) is 28.6 Å². The molecule has 0 bridgehead atoms. The molecule has 2 amide bonds. The van der Waals surface area contributed by atoms with Crippen molar-refractivity contribution in [2.75, 3.05) is 12.8 Å². The van der Waals surface area contributed by atoms with Gasteiger partial charge in [0.25, 0.3) is 0 Å². The fourth-order valence-corrected chi connectivity index (χ4v) is 8.85. The fraction of sp³-hybridized carbons (Fsp3) is 0.643. The van der Waals surface area contributed by atoms with Crippen LogP contribution in [0.2, 0.25) is 0 Å². The van der Waals surface area contributed by atoms with Crippen LogP contribution in [0.4, 0.5) is 0 Å². The zero-order valence-electron chi connectivity index (χ0n) is 20.3. The van der Waals surface area contributed by atoms with Crippen LogP contribution < -0.4 is 5.32 Å². The smallest absolute Gasteiger partial charge is 0.246 e. The summed E-state index contributed by atoms with van der Waals surface area (Å²) < 4.78 is 0. The fourth-order valence-electron chi connectivity index (χ4n) is 8.05. The Morgan fingerprint density at radius 1 is 1.09 bits per heavy atom. The molecule has 5 heteroatoms. The molecule has 1 aromatic carbocycles. The van der Waals surface area contributed by atoms with E-state index in [1.807, 2.05) is 24.1 Å². The number of benzene rings is 1. The zero-order chi connectivity index (χ0) is 23.2. The molecule has 0 radical (unpaired) electrons. The van der Waals surface area contributed by atoms with E-state index in [0.29, 0.717) is 35.6 Å². The van der Waals surface area contributed by atoms with Gasteiger partial charge in [-0.2, -0.15) is 0 Å². The minimum Gasteiger partial charge on any atom is -0.352 e. The SMILES string of the molecule is CN1C(=O)C=C[C@@]2(C)C1CC[C@@H]1[C@H]2CC[C@]2(C)C(NC(=O)CSCc3ccccc3)CC[C@@H]12. The van der Waals surface area contributed by atoms with Crippen LogP contribution in [0.25, 0.3) is 0 Å². The standard InChI is InChI=1S/C28H38N2O2S/c1-27-15-13-22-20(9-12-24-28(22,2)16-14-26(32)30(24)3)21(27)10-11-23(27)29-25(31)18-33-17-19-7-5-4-6-8-19/h4-8,14,16,20-24H,9-13,15,17-18H2,1-3H3,(H,29,31)/t20-,21-,22+,23?,24?,27-,28+/m0/s1. The van der Waals surface area contributed by atoms with Gasteiger partial charge in [0.05, 0.1) is 5.75 Å². The third-order valence-electron chi connectivity index (χ3n) is 9.81. The number of hydrogen-bond donors (Lipinski definition) is 1. The van der Waals surface area contributed by atoms with Gasteiger partial charge < -0.3 is 10.2 Å². The van der Waals surface area contributed by atoms with Crippen LogP contribution in [-0.4, -0.2) is 41.6 Å². The summed E-state index contributed by atoms with van der Waals surface area (Å²) in [5.74, 6) is 3.77. The Kier molecular flexibility index (Phi) is 6.13. The van der Waals surface area contributed by atoms with Crippen molar-refractivity contribution in [1.82, 2.24) is 10.2 Å². The van der Waals surface area contributed by atoms with Gasteiger partial charge in [-0.3, -0.25) is 9.59 Å². The van der Waals surface area contributed by atoms with Crippen molar-refractivity contribution in [2.45, 2.75) is 70.2 Å². The first-order valence-corrected chi connectivity index (χ1v) is 13.9. The molecule has 1 N–H and O–H groups in total. The van der Waals surface area contributed by atoms with Crippen LogP contribution in [0.3, 0.4) is 0 Å². The first-order valence-electron chi connectivity index (χ1n) is 12.7. The number of thioether (sulfide) groups is 1. The van der Waals surface area contributed by atoms with Gasteiger partial charge in [0.1, 0.15) is 0 Å². The molecular weight excluding hydrogens is 428 g/mol. The van der Waals surface area contributed by atoms with Crippen molar-refractivity contribution >= 4 is 23.6 Å². The van der Waals surface area contributed by atoms with Gasteiger partial charge >= 0.3 is 0 Å². The van der Waals surface area contributed by atoms with Crippen molar-refractivity contribution in [1.29, 1.82) is 0 Å². The van der Waals surface area contributed by atoms with E-state index in [0.717, 1.165) is 18.6 Å². The van der Waals surface area contributed by atoms with Gasteiger partial charge in [-0.1, -0.05) is 50.3 Å². The topological polar surface area (TPSA) is 49.4 Å². The Balaban J connectivity index is 1.23. The Morgan fingerprint density at radius 2 is 1.88 bits per heavy atom. The van der Waals surface area contributed by atoms with Gasteiger partial charge in [0.2, 0.25) is 11.8 Å². The summed E-state index contributed by atoms with van der Waals surface area (Å²) in [6.07, 6.45) is 11.1. The van der Waals surface area contributed by atoms with Gasteiger partial charge in [0.15, 0.2) is 0 Å². The maximum absolute atomic E-state index is 12.8. The maximum atomic E-state index is 12.8. The third-order valence-corrected chi connectivity index (χ3v) is 10.8. The van der Waals surface area contributed by atoms with E-state index in [1.54, 1.807) is 11.8 Å². The minimum absolute atomic E-state index is 0.0856. The van der Waals surface area contributed by atoms with E-state index < -0.39 is 0 Å². The van der Waals surface area contributed by atoms with E-state index in [4.69, 9.17) is 0 Å². The Morgan fingerprint density at radius 3 is 2.67 bits per heavy atom. The van der Waals surface area contributed by atoms with Crippen LogP contribution in [0.15, 0.2) is 42.5 Å². The molecule has 0 saturated heterocycles. The highest BCUT2D eigenvalue weighted by atomic mass is 32.2. The first-order chi connectivity index (χ1) is 15.8. The van der Waals surface area contributed by atoms with E-state index in [9.17, 15) is 9.59 Å². The number of nitrogens with zero attached hydrogens (tertiary/aromatic N) is 1. The molecule has 178 valence electrons. The number of fused-ring (bicyclic) bond motifs is 5. The van der Waals surface area contributed by atoms with E-state index in [-0.39, 0.29) is 22.6 Å². The maximum Gasteiger partial charge on any atom is 0.246 e. The lowest BCUT2D eigenvalue weighted by atomic mass is 9.48. The number of hydrogen-bond acceptors (Lipinski definition) is 3. The lowest BCUT2D eigenvalue weighted by Gasteiger charge is -2.60. The molecule has 0 aromatic heterocycles. The van der Waals surface area contributed by atoms with Crippen molar-refractivity contribution in [3.8, 4) is 0 Å². The summed E-state index contributed by atoms with van der Waals surface area (Å²) in [6.45, 7) is 4.85. The van der Waals surface area contributed by atoms with Crippen molar-refractivity contribution < 1.29 is 9.59 Å². The van der Waals surface area contributed by atoms with Gasteiger partial charge in [-0.15, -0.1) is 11.8 Å². The Labute approximate surface area is 203 Å². The number of nitrogens with one attached hydrogen (secondary N) is 1. The summed E-state index contributed by atoms with van der Waals surface area (Å²) in [5, 5.41) is 3.45. The summed E-state index contributed by atoms with van der Waals surface area (Å²) in [5.41, 5.74) is 1.56. The molecule has 1 heterocycles. The Bertz CT molecular complexity index is 933. The molecule has 33 heavy (non-hydrogen) atoms. The Hall–Kier alpha value is -1.75. The van der Waals surface area contributed by atoms with Gasteiger partial charge in [-0.25, -0.2) is 0 Å². The first kappa shape index (κ1) is 23.0. The molecule has 0 spiro atoms. The molecule has 1 aromatic rings. The summed E-state index contributed by atoms with van der Waals surface area (Å²) in [7, 11) is 1.99. The number of amides is 2. The molecular formula is C28H38N2O2S. The summed E-state index contributed by atoms with van der Waals surface area (Å²) in [6, 6.07) is 11.0. The molecule has 7 atom stereocenters. The molecule has 4 aliphatic rings. The van der Waals surface area contributed by atoms with E-state index >= 15 is 0 Å². The minimum atomic E-state index is 0.0856. The molecule has 5 rings (SSSR count). The largest absolute Gasteiger partial charge is 0.352 e. The van der Waals surface area contributed by atoms with Gasteiger partial charge in [0, 0.05) is 30.3 Å². The van der Waals surface area contributed by atoms with E-state index in [1.165, 1.54) is 31.2 Å². The molecule has 4 nitrogen and oxygen atoms in total. The molecule has 1 aliphatic heterocycles. The third kappa shape index (κ3) is 3.94.